The molecule has 0 bridgehead atoms. The zero-order valence-electron chi connectivity index (χ0n) is 19.8. The Kier molecular flexibility index (Phi) is 6.58. The third-order valence-corrected chi connectivity index (χ3v) is 7.53. The Labute approximate surface area is 212 Å². The first-order valence-electron chi connectivity index (χ1n) is 11.6. The number of amides is 1. The number of hydrazine groups is 1. The number of carbonyl (C=O) groups excluding carboxylic acids is 1. The van der Waals surface area contributed by atoms with Crippen molar-refractivity contribution in [1.29, 1.82) is 0 Å². The van der Waals surface area contributed by atoms with Gasteiger partial charge in [-0.1, -0.05) is 11.6 Å². The van der Waals surface area contributed by atoms with Gasteiger partial charge in [-0.3, -0.25) is 20.6 Å². The van der Waals surface area contributed by atoms with Crippen molar-refractivity contribution in [2.45, 2.75) is 52.6 Å². The lowest BCUT2D eigenvalue weighted by molar-refractivity contribution is -0.126. The molecule has 2 N–H and O–H groups in total. The van der Waals surface area contributed by atoms with E-state index in [1.54, 1.807) is 30.7 Å². The molecule has 3 aromatic heterocycles. The van der Waals surface area contributed by atoms with Crippen LogP contribution in [0.5, 0.6) is 5.75 Å². The van der Waals surface area contributed by atoms with Crippen LogP contribution in [0.4, 0.5) is 5.82 Å². The fourth-order valence-corrected chi connectivity index (χ4v) is 6.00. The molecule has 1 aliphatic carbocycles. The van der Waals surface area contributed by atoms with E-state index in [1.165, 1.54) is 16.9 Å². The first-order chi connectivity index (χ1) is 16.9. The maximum atomic E-state index is 13.0. The maximum absolute atomic E-state index is 13.0. The van der Waals surface area contributed by atoms with Gasteiger partial charge < -0.3 is 4.74 Å². The van der Waals surface area contributed by atoms with Crippen molar-refractivity contribution in [3.8, 4) is 17.1 Å². The molecule has 1 amide bonds. The van der Waals surface area contributed by atoms with Crippen molar-refractivity contribution in [2.24, 2.45) is 0 Å². The van der Waals surface area contributed by atoms with Crippen LogP contribution >= 0.6 is 22.9 Å². The number of hydrogen-bond acceptors (Lipinski definition) is 7. The number of benzene rings is 1. The number of halogens is 1. The molecule has 0 spiro atoms. The lowest BCUT2D eigenvalue weighted by Gasteiger charge is -2.19. The van der Waals surface area contributed by atoms with Crippen molar-refractivity contribution in [2.75, 3.05) is 5.43 Å². The van der Waals surface area contributed by atoms with Crippen LogP contribution in [-0.2, 0) is 17.6 Å². The van der Waals surface area contributed by atoms with Gasteiger partial charge in [-0.25, -0.2) is 9.97 Å². The summed E-state index contributed by atoms with van der Waals surface area (Å²) in [6.45, 7) is 5.54. The monoisotopic (exact) mass is 507 g/mol. The summed E-state index contributed by atoms with van der Waals surface area (Å²) in [6.07, 6.45) is 7.09. The molecule has 0 saturated carbocycles. The van der Waals surface area contributed by atoms with Gasteiger partial charge in [0.15, 0.2) is 17.7 Å². The molecule has 1 atom stereocenters. The number of rotatable bonds is 6. The van der Waals surface area contributed by atoms with E-state index in [4.69, 9.17) is 26.3 Å². The Bertz CT molecular complexity index is 1380. The average Bonchev–Trinajstić information content (AvgIpc) is 3.23. The molecule has 35 heavy (non-hydrogen) atoms. The molecule has 1 aromatic carbocycles. The van der Waals surface area contributed by atoms with E-state index in [2.05, 4.69) is 15.8 Å². The Morgan fingerprint density at radius 1 is 1.17 bits per heavy atom. The van der Waals surface area contributed by atoms with Gasteiger partial charge in [-0.05, 0) is 87.4 Å². The molecule has 0 unspecified atom stereocenters. The van der Waals surface area contributed by atoms with Crippen LogP contribution in [0.15, 0.2) is 36.7 Å². The van der Waals surface area contributed by atoms with E-state index < -0.39 is 6.10 Å². The molecule has 9 heteroatoms. The summed E-state index contributed by atoms with van der Waals surface area (Å²) < 4.78 is 5.99. The lowest BCUT2D eigenvalue weighted by Crippen LogP contribution is -2.40. The fraction of sp³-hybridized carbons (Fsp3) is 0.308. The van der Waals surface area contributed by atoms with Gasteiger partial charge in [0, 0.05) is 27.9 Å². The average molecular weight is 508 g/mol. The lowest BCUT2D eigenvalue weighted by atomic mass is 9.97. The van der Waals surface area contributed by atoms with Crippen LogP contribution in [0.2, 0.25) is 5.02 Å². The number of anilines is 1. The number of ether oxygens (including phenoxy) is 1. The minimum absolute atomic E-state index is 0.308. The number of aryl methyl sites for hydroxylation is 4. The van der Waals surface area contributed by atoms with Crippen molar-refractivity contribution >= 4 is 44.9 Å². The fourth-order valence-electron chi connectivity index (χ4n) is 4.41. The van der Waals surface area contributed by atoms with E-state index in [0.717, 1.165) is 46.2 Å². The maximum Gasteiger partial charge on any atom is 0.279 e. The Balaban J connectivity index is 1.42. The second kappa shape index (κ2) is 9.79. The zero-order chi connectivity index (χ0) is 24.5. The second-order valence-corrected chi connectivity index (χ2v) is 10.3. The summed E-state index contributed by atoms with van der Waals surface area (Å²) in [7, 11) is 0. The van der Waals surface area contributed by atoms with Gasteiger partial charge in [0.1, 0.15) is 10.6 Å². The van der Waals surface area contributed by atoms with E-state index in [-0.39, 0.29) is 5.91 Å². The molecule has 0 radical (unpaired) electrons. The number of fused-ring (bicyclic) bond motifs is 3. The van der Waals surface area contributed by atoms with Gasteiger partial charge in [0.25, 0.3) is 5.91 Å². The standard InChI is InChI=1S/C26H26ClN5O2S/c1-14-11-18(27)12-15(2)22(14)34-16(3)25(33)32-31-24-21-19-8-4-5-9-20(19)35-26(21)30-23(29-24)17-7-6-10-28-13-17/h6-7,10-13,16H,4-5,8-9H2,1-3H3,(H,32,33)(H,29,30,31)/t16-/m0/s1. The number of carbonyl (C=O) groups is 1. The Hall–Kier alpha value is -3.23. The molecule has 4 aromatic rings. The Morgan fingerprint density at radius 2 is 1.94 bits per heavy atom. The van der Waals surface area contributed by atoms with Crippen LogP contribution in [-0.4, -0.2) is 27.0 Å². The molecule has 0 aliphatic heterocycles. The zero-order valence-corrected chi connectivity index (χ0v) is 21.4. The third kappa shape index (κ3) is 4.81. The third-order valence-electron chi connectivity index (χ3n) is 6.13. The van der Waals surface area contributed by atoms with E-state index >= 15 is 0 Å². The van der Waals surface area contributed by atoms with Crippen molar-refractivity contribution < 1.29 is 9.53 Å². The largest absolute Gasteiger partial charge is 0.480 e. The first-order valence-corrected chi connectivity index (χ1v) is 12.8. The van der Waals surface area contributed by atoms with Crippen molar-refractivity contribution in [3.05, 3.63) is 63.2 Å². The number of hydrogen-bond donors (Lipinski definition) is 2. The van der Waals surface area contributed by atoms with Crippen LogP contribution in [0.3, 0.4) is 0 Å². The Morgan fingerprint density at radius 3 is 2.69 bits per heavy atom. The number of thiophene rings is 1. The van der Waals surface area contributed by atoms with Crippen LogP contribution in [0.1, 0.15) is 41.3 Å². The topological polar surface area (TPSA) is 89.0 Å². The van der Waals surface area contributed by atoms with Crippen LogP contribution in [0, 0.1) is 13.8 Å². The van der Waals surface area contributed by atoms with Gasteiger partial charge in [-0.2, -0.15) is 0 Å². The van der Waals surface area contributed by atoms with Gasteiger partial charge in [0.05, 0.1) is 5.39 Å². The highest BCUT2D eigenvalue weighted by atomic mass is 35.5. The number of pyridine rings is 1. The molecule has 5 rings (SSSR count). The second-order valence-electron chi connectivity index (χ2n) is 8.77. The van der Waals surface area contributed by atoms with Crippen LogP contribution in [0.25, 0.3) is 21.6 Å². The molecular formula is C26H26ClN5O2S. The first kappa shape index (κ1) is 23.5. The predicted molar refractivity (Wildman–Crippen MR) is 140 cm³/mol. The summed E-state index contributed by atoms with van der Waals surface area (Å²) in [5.74, 6) is 1.51. The number of nitrogens with one attached hydrogen (secondary N) is 2. The highest BCUT2D eigenvalue weighted by Gasteiger charge is 2.23. The van der Waals surface area contributed by atoms with E-state index in [9.17, 15) is 4.79 Å². The summed E-state index contributed by atoms with van der Waals surface area (Å²) in [5, 5.41) is 1.62. The highest BCUT2D eigenvalue weighted by Crippen LogP contribution is 2.39. The normalized spacial score (nSPS) is 13.8. The quantitative estimate of drug-likeness (QED) is 0.320. The SMILES string of the molecule is Cc1cc(Cl)cc(C)c1O[C@@H](C)C(=O)NNc1nc(-c2cccnc2)nc2sc3c(c12)CCCC3. The highest BCUT2D eigenvalue weighted by molar-refractivity contribution is 7.19. The number of nitrogens with zero attached hydrogens (tertiary/aromatic N) is 3. The molecule has 180 valence electrons. The minimum atomic E-state index is -0.729. The molecule has 3 heterocycles. The van der Waals surface area contributed by atoms with Gasteiger partial charge in [0.2, 0.25) is 0 Å². The minimum Gasteiger partial charge on any atom is -0.480 e. The predicted octanol–water partition coefficient (Wildman–Crippen LogP) is 5.81. The van der Waals surface area contributed by atoms with E-state index in [0.29, 0.717) is 22.4 Å². The van der Waals surface area contributed by atoms with Gasteiger partial charge in [-0.15, -0.1) is 11.3 Å². The summed E-state index contributed by atoms with van der Waals surface area (Å²) in [4.78, 5) is 29.0. The molecule has 1 aliphatic rings. The molecular weight excluding hydrogens is 482 g/mol. The van der Waals surface area contributed by atoms with E-state index in [1.807, 2.05) is 38.1 Å². The van der Waals surface area contributed by atoms with Crippen molar-refractivity contribution in [1.82, 2.24) is 20.4 Å². The summed E-state index contributed by atoms with van der Waals surface area (Å²) in [5.41, 5.74) is 9.73. The smallest absolute Gasteiger partial charge is 0.279 e. The molecule has 0 saturated heterocycles. The summed E-state index contributed by atoms with van der Waals surface area (Å²) in [6, 6.07) is 7.43. The summed E-state index contributed by atoms with van der Waals surface area (Å²) >= 11 is 7.83. The number of aromatic nitrogens is 3. The van der Waals surface area contributed by atoms with Crippen LogP contribution < -0.4 is 15.6 Å². The van der Waals surface area contributed by atoms with Gasteiger partial charge >= 0.3 is 0 Å². The molecule has 7 nitrogen and oxygen atoms in total. The molecule has 0 fully saturated rings. The van der Waals surface area contributed by atoms with Crippen molar-refractivity contribution in [3.63, 3.8) is 0 Å².